The number of alkyl halides is 2. The number of hydrogen-bond donors (Lipinski definition) is 2. The van der Waals surface area contributed by atoms with Gasteiger partial charge in [-0.2, -0.15) is 8.78 Å². The molecule has 1 unspecified atom stereocenters. The van der Waals surface area contributed by atoms with Crippen LogP contribution in [0.3, 0.4) is 0 Å². The van der Waals surface area contributed by atoms with E-state index in [4.69, 9.17) is 9.47 Å². The third-order valence-electron chi connectivity index (χ3n) is 3.57. The number of esters is 1. The molecule has 0 spiro atoms. The van der Waals surface area contributed by atoms with E-state index in [0.29, 0.717) is 11.3 Å². The summed E-state index contributed by atoms with van der Waals surface area (Å²) in [6.07, 6.45) is -0.350. The Labute approximate surface area is 149 Å². The molecule has 0 aliphatic carbocycles. The van der Waals surface area contributed by atoms with E-state index < -0.39 is 24.7 Å². The number of benzene rings is 1. The van der Waals surface area contributed by atoms with Crippen LogP contribution in [-0.4, -0.2) is 31.8 Å². The van der Waals surface area contributed by atoms with Crippen molar-refractivity contribution in [3.05, 3.63) is 35.0 Å². The van der Waals surface area contributed by atoms with Gasteiger partial charge in [-0.25, -0.2) is 9.59 Å². The fourth-order valence-electron chi connectivity index (χ4n) is 2.55. The molecule has 1 aromatic rings. The molecule has 7 nitrogen and oxygen atoms in total. The van der Waals surface area contributed by atoms with E-state index in [1.807, 2.05) is 0 Å². The largest absolute Gasteiger partial charge is 0.493 e. The molecule has 1 heterocycles. The molecule has 0 saturated heterocycles. The summed E-state index contributed by atoms with van der Waals surface area (Å²) in [6, 6.07) is 2.84. The van der Waals surface area contributed by atoms with E-state index in [-0.39, 0.29) is 23.2 Å². The van der Waals surface area contributed by atoms with Crippen LogP contribution in [0.25, 0.3) is 0 Å². The number of carbonyl (C=O) groups is 2. The average molecular weight is 370 g/mol. The molecule has 26 heavy (non-hydrogen) atoms. The van der Waals surface area contributed by atoms with Crippen LogP contribution < -0.4 is 20.1 Å². The van der Waals surface area contributed by atoms with Crippen LogP contribution in [0.2, 0.25) is 0 Å². The summed E-state index contributed by atoms with van der Waals surface area (Å²) in [7, 11) is 1.30. The first-order valence-corrected chi connectivity index (χ1v) is 7.85. The standard InChI is InChI=1S/C17H20F2N2O5/c1-8(2)25-15(22)13-9(3)20-17(23)21-14(13)10-5-6-11(26-16(18)19)12(7-10)24-4/h5-8,14,16H,1-4H3,(H2,20,21,23). The highest BCUT2D eigenvalue weighted by Crippen LogP contribution is 2.35. The van der Waals surface area contributed by atoms with Crippen LogP contribution in [0.15, 0.2) is 29.5 Å². The molecule has 1 aliphatic rings. The van der Waals surface area contributed by atoms with E-state index in [1.165, 1.54) is 25.3 Å². The molecule has 0 bridgehead atoms. The Bertz CT molecular complexity index is 734. The zero-order valence-electron chi connectivity index (χ0n) is 14.8. The minimum atomic E-state index is -3.01. The molecular formula is C17H20F2N2O5. The quantitative estimate of drug-likeness (QED) is 0.752. The second-order valence-corrected chi connectivity index (χ2v) is 5.81. The molecule has 1 aromatic carbocycles. The predicted molar refractivity (Wildman–Crippen MR) is 88.0 cm³/mol. The molecule has 9 heteroatoms. The number of ether oxygens (including phenoxy) is 3. The Kier molecular flexibility index (Phi) is 6.01. The van der Waals surface area contributed by atoms with Crippen LogP contribution in [0.1, 0.15) is 32.4 Å². The highest BCUT2D eigenvalue weighted by Gasteiger charge is 2.33. The highest BCUT2D eigenvalue weighted by molar-refractivity contribution is 5.95. The first-order valence-electron chi connectivity index (χ1n) is 7.85. The van der Waals surface area contributed by atoms with Gasteiger partial charge in [0.1, 0.15) is 0 Å². The highest BCUT2D eigenvalue weighted by atomic mass is 19.3. The van der Waals surface area contributed by atoms with Crippen LogP contribution in [-0.2, 0) is 9.53 Å². The van der Waals surface area contributed by atoms with Gasteiger partial charge in [0.05, 0.1) is 24.8 Å². The van der Waals surface area contributed by atoms with Crippen LogP contribution in [0.5, 0.6) is 11.5 Å². The van der Waals surface area contributed by atoms with E-state index in [9.17, 15) is 18.4 Å². The van der Waals surface area contributed by atoms with E-state index >= 15 is 0 Å². The number of amides is 2. The van der Waals surface area contributed by atoms with Crippen LogP contribution in [0, 0.1) is 0 Å². The zero-order chi connectivity index (χ0) is 19.4. The lowest BCUT2D eigenvalue weighted by atomic mass is 9.95. The Morgan fingerprint density at radius 1 is 1.23 bits per heavy atom. The molecule has 1 atom stereocenters. The molecule has 142 valence electrons. The van der Waals surface area contributed by atoms with E-state index in [2.05, 4.69) is 15.4 Å². The van der Waals surface area contributed by atoms with Crippen molar-refractivity contribution >= 4 is 12.0 Å². The maximum Gasteiger partial charge on any atom is 0.387 e. The van der Waals surface area contributed by atoms with E-state index in [1.54, 1.807) is 20.8 Å². The summed E-state index contributed by atoms with van der Waals surface area (Å²) < 4.78 is 39.6. The first-order chi connectivity index (χ1) is 12.2. The van der Waals surface area contributed by atoms with Crippen molar-refractivity contribution < 1.29 is 32.6 Å². The summed E-state index contributed by atoms with van der Waals surface area (Å²) in [5.41, 5.74) is 1.01. The number of methoxy groups -OCH3 is 1. The lowest BCUT2D eigenvalue weighted by Crippen LogP contribution is -2.45. The number of urea groups is 1. The minimum absolute atomic E-state index is 0.0461. The summed E-state index contributed by atoms with van der Waals surface area (Å²) >= 11 is 0. The molecule has 2 N–H and O–H groups in total. The Morgan fingerprint density at radius 3 is 2.50 bits per heavy atom. The van der Waals surface area contributed by atoms with Crippen molar-refractivity contribution in [3.8, 4) is 11.5 Å². The smallest absolute Gasteiger partial charge is 0.387 e. The normalized spacial score (nSPS) is 17.1. The van der Waals surface area contributed by atoms with Crippen molar-refractivity contribution in [2.24, 2.45) is 0 Å². The number of carbonyl (C=O) groups excluding carboxylic acids is 2. The average Bonchev–Trinajstić information content (AvgIpc) is 2.53. The molecule has 0 saturated carbocycles. The Hall–Kier alpha value is -2.84. The molecule has 2 amide bonds. The van der Waals surface area contributed by atoms with Gasteiger partial charge in [-0.05, 0) is 38.5 Å². The molecule has 1 aliphatic heterocycles. The monoisotopic (exact) mass is 370 g/mol. The zero-order valence-corrected chi connectivity index (χ0v) is 14.8. The summed E-state index contributed by atoms with van der Waals surface area (Å²) in [6.45, 7) is 1.98. The third kappa shape index (κ3) is 4.41. The number of hydrogen-bond acceptors (Lipinski definition) is 5. The predicted octanol–water partition coefficient (Wildman–Crippen LogP) is 2.88. The molecule has 0 radical (unpaired) electrons. The maximum absolute atomic E-state index is 12.5. The van der Waals surface area contributed by atoms with Gasteiger partial charge in [-0.15, -0.1) is 0 Å². The molecule has 0 fully saturated rings. The number of halogens is 2. The Balaban J connectivity index is 2.44. The minimum Gasteiger partial charge on any atom is -0.493 e. The lowest BCUT2D eigenvalue weighted by Gasteiger charge is -2.29. The Morgan fingerprint density at radius 2 is 1.92 bits per heavy atom. The number of nitrogens with one attached hydrogen (secondary N) is 2. The molecular weight excluding hydrogens is 350 g/mol. The van der Waals surface area contributed by atoms with Gasteiger partial charge in [0.25, 0.3) is 0 Å². The van der Waals surface area contributed by atoms with Gasteiger partial charge in [-0.1, -0.05) is 6.07 Å². The summed E-state index contributed by atoms with van der Waals surface area (Å²) in [5, 5.41) is 5.15. The van der Waals surface area contributed by atoms with Crippen LogP contribution >= 0.6 is 0 Å². The SMILES string of the molecule is COc1cc(C2NC(=O)NC(C)=C2C(=O)OC(C)C)ccc1OC(F)F. The summed E-state index contributed by atoms with van der Waals surface area (Å²) in [5.74, 6) is -0.704. The second kappa shape index (κ2) is 8.03. The van der Waals surface area contributed by atoms with Gasteiger partial charge < -0.3 is 24.8 Å². The van der Waals surface area contributed by atoms with Gasteiger partial charge >= 0.3 is 18.6 Å². The number of rotatable bonds is 6. The van der Waals surface area contributed by atoms with Crippen molar-refractivity contribution in [1.82, 2.24) is 10.6 Å². The van der Waals surface area contributed by atoms with Crippen LogP contribution in [0.4, 0.5) is 13.6 Å². The second-order valence-electron chi connectivity index (χ2n) is 5.81. The third-order valence-corrected chi connectivity index (χ3v) is 3.57. The van der Waals surface area contributed by atoms with Gasteiger partial charge in [0, 0.05) is 5.70 Å². The van der Waals surface area contributed by atoms with Crippen molar-refractivity contribution in [2.75, 3.05) is 7.11 Å². The molecule has 0 aromatic heterocycles. The van der Waals surface area contributed by atoms with E-state index in [0.717, 1.165) is 0 Å². The molecule has 2 rings (SSSR count). The van der Waals surface area contributed by atoms with Gasteiger partial charge in [0.15, 0.2) is 11.5 Å². The van der Waals surface area contributed by atoms with Gasteiger partial charge in [0.2, 0.25) is 0 Å². The van der Waals surface area contributed by atoms with Crippen molar-refractivity contribution in [1.29, 1.82) is 0 Å². The summed E-state index contributed by atoms with van der Waals surface area (Å²) in [4.78, 5) is 24.3. The maximum atomic E-state index is 12.5. The van der Waals surface area contributed by atoms with Crippen molar-refractivity contribution in [3.63, 3.8) is 0 Å². The number of allylic oxidation sites excluding steroid dienone is 1. The van der Waals surface area contributed by atoms with Crippen molar-refractivity contribution in [2.45, 2.75) is 39.5 Å². The van der Waals surface area contributed by atoms with Gasteiger partial charge in [-0.3, -0.25) is 0 Å². The topological polar surface area (TPSA) is 85.9 Å². The lowest BCUT2D eigenvalue weighted by molar-refractivity contribution is -0.143. The fraction of sp³-hybridized carbons (Fsp3) is 0.412. The fourth-order valence-corrected chi connectivity index (χ4v) is 2.55. The first kappa shape index (κ1) is 19.5.